The normalized spacial score (nSPS) is 40.5. The molecule has 156 valence electrons. The molecule has 5 nitrogen and oxygen atoms in total. The van der Waals surface area contributed by atoms with Gasteiger partial charge in [0.05, 0.1) is 26.2 Å². The highest BCUT2D eigenvalue weighted by atomic mass is 16.6. The summed E-state index contributed by atoms with van der Waals surface area (Å²) < 4.78 is 11.2. The van der Waals surface area contributed by atoms with Crippen LogP contribution in [0, 0.1) is 23.2 Å². The van der Waals surface area contributed by atoms with Crippen molar-refractivity contribution in [1.82, 2.24) is 0 Å². The lowest BCUT2D eigenvalue weighted by Gasteiger charge is -2.45. The number of quaternary nitrogens is 1. The molecule has 3 fully saturated rings. The van der Waals surface area contributed by atoms with Crippen molar-refractivity contribution in [3.63, 3.8) is 0 Å². The fraction of sp³-hybridized carbons (Fsp3) is 0.826. The van der Waals surface area contributed by atoms with Gasteiger partial charge in [-0.1, -0.05) is 18.1 Å². The van der Waals surface area contributed by atoms with Gasteiger partial charge in [-0.2, -0.15) is 0 Å². The summed E-state index contributed by atoms with van der Waals surface area (Å²) in [6.45, 7) is 9.60. The molecular weight excluding hydrogens is 354 g/mol. The van der Waals surface area contributed by atoms with Crippen LogP contribution in [-0.4, -0.2) is 44.3 Å². The molecule has 0 radical (unpaired) electrons. The van der Waals surface area contributed by atoms with Crippen molar-refractivity contribution in [1.29, 1.82) is 0 Å². The standard InChI is InChI=1S/C23H35NO4/c1-4-27-21(25)16-8-6-10-24(13-16)14-18-17-11-19-15(2)7-5-9-23(19,3)12-20(17)28-22(18)26/h16-18,20H,4-14H2,1-3H3/p+1/t16-,17-,18+,20+,23+/m1/s1. The zero-order valence-electron chi connectivity index (χ0n) is 17.7. The molecule has 2 saturated heterocycles. The number of fused-ring (bicyclic) bond motifs is 2. The van der Waals surface area contributed by atoms with Crippen LogP contribution in [0.3, 0.4) is 0 Å². The van der Waals surface area contributed by atoms with Gasteiger partial charge in [-0.25, -0.2) is 0 Å². The summed E-state index contributed by atoms with van der Waals surface area (Å²) in [4.78, 5) is 26.3. The van der Waals surface area contributed by atoms with Gasteiger partial charge in [-0.05, 0) is 64.2 Å². The largest absolute Gasteiger partial charge is 0.466 e. The van der Waals surface area contributed by atoms with E-state index in [1.165, 1.54) is 24.2 Å². The fourth-order valence-corrected chi connectivity index (χ4v) is 6.45. The molecule has 0 bridgehead atoms. The average Bonchev–Trinajstić information content (AvgIpc) is 2.94. The number of esters is 2. The van der Waals surface area contributed by atoms with E-state index in [1.54, 1.807) is 11.1 Å². The molecule has 2 heterocycles. The second-order valence-electron chi connectivity index (χ2n) is 9.83. The topological polar surface area (TPSA) is 57.0 Å². The molecule has 4 aliphatic rings. The lowest BCUT2D eigenvalue weighted by molar-refractivity contribution is -0.910. The smallest absolute Gasteiger partial charge is 0.315 e. The van der Waals surface area contributed by atoms with Crippen molar-refractivity contribution in [3.8, 4) is 0 Å². The number of likely N-dealkylation sites (tertiary alicyclic amines) is 1. The number of hydrogen-bond acceptors (Lipinski definition) is 4. The Morgan fingerprint density at radius 1 is 1.36 bits per heavy atom. The van der Waals surface area contributed by atoms with E-state index in [4.69, 9.17) is 9.47 Å². The van der Waals surface area contributed by atoms with E-state index in [2.05, 4.69) is 13.8 Å². The molecule has 0 amide bonds. The number of carbonyl (C=O) groups excluding carboxylic acids is 2. The maximum atomic E-state index is 12.8. The molecule has 6 atom stereocenters. The van der Waals surface area contributed by atoms with Crippen LogP contribution in [0.5, 0.6) is 0 Å². The molecule has 0 spiro atoms. The van der Waals surface area contributed by atoms with E-state index in [1.807, 2.05) is 6.92 Å². The Morgan fingerprint density at radius 2 is 2.18 bits per heavy atom. The first kappa shape index (κ1) is 19.9. The maximum absolute atomic E-state index is 12.8. The van der Waals surface area contributed by atoms with Crippen LogP contribution in [0.1, 0.15) is 65.7 Å². The van der Waals surface area contributed by atoms with Crippen LogP contribution >= 0.6 is 0 Å². The molecule has 4 rings (SSSR count). The number of hydrogen-bond donors (Lipinski definition) is 1. The summed E-state index contributed by atoms with van der Waals surface area (Å²) in [5, 5.41) is 0. The first-order chi connectivity index (χ1) is 13.4. The van der Waals surface area contributed by atoms with Gasteiger partial charge in [0.15, 0.2) is 0 Å². The summed E-state index contributed by atoms with van der Waals surface area (Å²) in [7, 11) is 0. The molecule has 2 aliphatic heterocycles. The minimum absolute atomic E-state index is 0.00116. The van der Waals surface area contributed by atoms with Crippen molar-refractivity contribution in [2.75, 3.05) is 26.2 Å². The summed E-state index contributed by atoms with van der Waals surface area (Å²) in [5.41, 5.74) is 3.39. The van der Waals surface area contributed by atoms with Crippen molar-refractivity contribution < 1.29 is 24.0 Å². The quantitative estimate of drug-likeness (QED) is 0.591. The number of ether oxygens (including phenoxy) is 2. The molecule has 1 unspecified atom stereocenters. The van der Waals surface area contributed by atoms with E-state index in [0.29, 0.717) is 12.5 Å². The van der Waals surface area contributed by atoms with E-state index in [-0.39, 0.29) is 35.3 Å². The molecular formula is C23H36NO4+. The van der Waals surface area contributed by atoms with Crippen LogP contribution in [0.15, 0.2) is 11.1 Å². The highest BCUT2D eigenvalue weighted by Crippen LogP contribution is 2.54. The molecule has 2 aliphatic carbocycles. The first-order valence-electron chi connectivity index (χ1n) is 11.3. The number of allylic oxidation sites excluding steroid dienone is 2. The molecule has 5 heteroatoms. The minimum atomic E-state index is -0.0667. The van der Waals surface area contributed by atoms with Crippen LogP contribution in [-0.2, 0) is 19.1 Å². The average molecular weight is 391 g/mol. The predicted octanol–water partition coefficient (Wildman–Crippen LogP) is 2.30. The summed E-state index contributed by atoms with van der Waals surface area (Å²) in [5.74, 6) is 0.214. The Hall–Kier alpha value is -1.36. The Labute approximate surface area is 168 Å². The van der Waals surface area contributed by atoms with Gasteiger partial charge in [-0.3, -0.25) is 9.59 Å². The molecule has 1 saturated carbocycles. The van der Waals surface area contributed by atoms with Crippen molar-refractivity contribution in [2.24, 2.45) is 23.2 Å². The fourth-order valence-electron chi connectivity index (χ4n) is 6.45. The Morgan fingerprint density at radius 3 is 2.96 bits per heavy atom. The molecule has 0 aromatic rings. The molecule has 0 aromatic carbocycles. The predicted molar refractivity (Wildman–Crippen MR) is 106 cm³/mol. The molecule has 0 aromatic heterocycles. The summed E-state index contributed by atoms with van der Waals surface area (Å²) in [6.07, 6.45) is 7.73. The SMILES string of the molecule is CCOC(=O)[C@@H]1CCC[NH+](C[C@@H]2C(=O)O[C@H]3C[C@]4(C)CCCC(C)=C4C[C@@H]32)C1. The summed E-state index contributed by atoms with van der Waals surface area (Å²) in [6, 6.07) is 0. The van der Waals surface area contributed by atoms with Crippen molar-refractivity contribution in [3.05, 3.63) is 11.1 Å². The number of nitrogens with one attached hydrogen (secondary N) is 1. The molecule has 28 heavy (non-hydrogen) atoms. The van der Waals surface area contributed by atoms with Gasteiger partial charge >= 0.3 is 11.9 Å². The second kappa shape index (κ2) is 7.81. The van der Waals surface area contributed by atoms with Gasteiger partial charge in [0.1, 0.15) is 17.9 Å². The van der Waals surface area contributed by atoms with E-state index in [0.717, 1.165) is 45.3 Å². The minimum Gasteiger partial charge on any atom is -0.466 e. The lowest BCUT2D eigenvalue weighted by atomic mass is 9.59. The van der Waals surface area contributed by atoms with Gasteiger partial charge in [0.2, 0.25) is 0 Å². The van der Waals surface area contributed by atoms with Crippen molar-refractivity contribution in [2.45, 2.75) is 71.8 Å². The third-order valence-corrected chi connectivity index (χ3v) is 7.93. The highest BCUT2D eigenvalue weighted by molar-refractivity contribution is 5.76. The monoisotopic (exact) mass is 390 g/mol. The Bertz CT molecular complexity index is 672. The zero-order valence-corrected chi connectivity index (χ0v) is 17.7. The van der Waals surface area contributed by atoms with Gasteiger partial charge in [-0.15, -0.1) is 0 Å². The van der Waals surface area contributed by atoms with Gasteiger partial charge in [0, 0.05) is 5.92 Å². The highest BCUT2D eigenvalue weighted by Gasteiger charge is 2.54. The van der Waals surface area contributed by atoms with Crippen LogP contribution in [0.4, 0.5) is 0 Å². The van der Waals surface area contributed by atoms with Crippen LogP contribution < -0.4 is 4.90 Å². The number of carbonyl (C=O) groups is 2. The lowest BCUT2D eigenvalue weighted by Crippen LogP contribution is -3.14. The number of piperidine rings is 1. The second-order valence-corrected chi connectivity index (χ2v) is 9.83. The first-order valence-corrected chi connectivity index (χ1v) is 11.3. The van der Waals surface area contributed by atoms with E-state index >= 15 is 0 Å². The maximum Gasteiger partial charge on any atom is 0.315 e. The zero-order chi connectivity index (χ0) is 19.9. The van der Waals surface area contributed by atoms with Crippen LogP contribution in [0.2, 0.25) is 0 Å². The van der Waals surface area contributed by atoms with E-state index in [9.17, 15) is 9.59 Å². The Balaban J connectivity index is 1.45. The van der Waals surface area contributed by atoms with Crippen LogP contribution in [0.25, 0.3) is 0 Å². The third kappa shape index (κ3) is 3.62. The third-order valence-electron chi connectivity index (χ3n) is 7.93. The Kier molecular flexibility index (Phi) is 5.56. The van der Waals surface area contributed by atoms with Crippen molar-refractivity contribution >= 4 is 11.9 Å². The van der Waals surface area contributed by atoms with Gasteiger partial charge < -0.3 is 14.4 Å². The van der Waals surface area contributed by atoms with E-state index < -0.39 is 0 Å². The summed E-state index contributed by atoms with van der Waals surface area (Å²) >= 11 is 0. The number of rotatable bonds is 4. The van der Waals surface area contributed by atoms with Gasteiger partial charge in [0.25, 0.3) is 0 Å². The molecule has 1 N–H and O–H groups in total.